The van der Waals surface area contributed by atoms with Gasteiger partial charge >= 0.3 is 0 Å². The van der Waals surface area contributed by atoms with Crippen LogP contribution in [-0.2, 0) is 6.42 Å². The monoisotopic (exact) mass is 253 g/mol. The maximum absolute atomic E-state index is 5.33. The molecule has 0 amide bonds. The Bertz CT molecular complexity index is 424. The molecule has 72 valence electrons. The summed E-state index contributed by atoms with van der Waals surface area (Å²) in [5.41, 5.74) is 6.44. The summed E-state index contributed by atoms with van der Waals surface area (Å²) in [6, 6.07) is 7.92. The minimum atomic E-state index is 0.178. The number of hydrogen-bond acceptors (Lipinski definition) is 4. The number of nitrogens with zero attached hydrogens (tertiary/aromatic N) is 2. The van der Waals surface area contributed by atoms with E-state index < -0.39 is 0 Å². The molecule has 5 heteroatoms. The van der Waals surface area contributed by atoms with Gasteiger partial charge in [-0.1, -0.05) is 28.1 Å². The first-order chi connectivity index (χ1) is 6.74. The highest BCUT2D eigenvalue weighted by Crippen LogP contribution is 2.13. The number of rotatable bonds is 2. The smallest absolute Gasteiger partial charge is 0.260 e. The summed E-state index contributed by atoms with van der Waals surface area (Å²) in [6.45, 7) is 0. The van der Waals surface area contributed by atoms with Crippen molar-refractivity contribution in [3.8, 4) is 0 Å². The molecule has 0 radical (unpaired) electrons. The van der Waals surface area contributed by atoms with Crippen molar-refractivity contribution in [1.29, 1.82) is 0 Å². The van der Waals surface area contributed by atoms with Crippen LogP contribution in [0.15, 0.2) is 33.3 Å². The molecule has 1 aromatic carbocycles. The van der Waals surface area contributed by atoms with Crippen molar-refractivity contribution in [3.63, 3.8) is 0 Å². The predicted molar refractivity (Wildman–Crippen MR) is 55.7 cm³/mol. The van der Waals surface area contributed by atoms with Gasteiger partial charge in [0.25, 0.3) is 5.95 Å². The SMILES string of the molecule is Nc1noc(Cc2ccc(Br)cc2)n1. The molecule has 0 spiro atoms. The van der Waals surface area contributed by atoms with Gasteiger partial charge in [-0.3, -0.25) is 0 Å². The topological polar surface area (TPSA) is 64.9 Å². The van der Waals surface area contributed by atoms with Crippen molar-refractivity contribution >= 4 is 21.9 Å². The number of aromatic nitrogens is 2. The Morgan fingerprint density at radius 2 is 2.00 bits per heavy atom. The van der Waals surface area contributed by atoms with Gasteiger partial charge in [-0.15, -0.1) is 0 Å². The van der Waals surface area contributed by atoms with E-state index in [2.05, 4.69) is 26.1 Å². The van der Waals surface area contributed by atoms with Crippen LogP contribution in [0.4, 0.5) is 5.95 Å². The van der Waals surface area contributed by atoms with Gasteiger partial charge in [-0.25, -0.2) is 0 Å². The molecule has 0 saturated heterocycles. The third-order valence-electron chi connectivity index (χ3n) is 1.75. The quantitative estimate of drug-likeness (QED) is 0.890. The van der Waals surface area contributed by atoms with E-state index in [0.29, 0.717) is 12.3 Å². The van der Waals surface area contributed by atoms with E-state index in [1.807, 2.05) is 24.3 Å². The number of nitrogens with two attached hydrogens (primary N) is 1. The molecule has 4 nitrogen and oxygen atoms in total. The van der Waals surface area contributed by atoms with E-state index in [1.54, 1.807) is 0 Å². The average Bonchev–Trinajstić information content (AvgIpc) is 2.56. The van der Waals surface area contributed by atoms with E-state index in [1.165, 1.54) is 0 Å². The number of nitrogen functional groups attached to an aromatic ring is 1. The van der Waals surface area contributed by atoms with Crippen molar-refractivity contribution in [2.45, 2.75) is 6.42 Å². The molecule has 2 aromatic rings. The van der Waals surface area contributed by atoms with Crippen LogP contribution in [0.5, 0.6) is 0 Å². The van der Waals surface area contributed by atoms with Crippen LogP contribution in [0.1, 0.15) is 11.5 Å². The second-order valence-corrected chi connectivity index (χ2v) is 3.77. The Balaban J connectivity index is 2.15. The summed E-state index contributed by atoms with van der Waals surface area (Å²) in [5, 5.41) is 3.51. The van der Waals surface area contributed by atoms with Crippen molar-refractivity contribution in [1.82, 2.24) is 10.1 Å². The van der Waals surface area contributed by atoms with E-state index in [4.69, 9.17) is 10.3 Å². The zero-order valence-corrected chi connectivity index (χ0v) is 8.86. The number of hydrogen-bond donors (Lipinski definition) is 1. The van der Waals surface area contributed by atoms with Gasteiger partial charge in [-0.2, -0.15) is 4.98 Å². The summed E-state index contributed by atoms with van der Waals surface area (Å²) in [4.78, 5) is 3.92. The first-order valence-corrected chi connectivity index (χ1v) is 4.86. The fraction of sp³-hybridized carbons (Fsp3) is 0.111. The summed E-state index contributed by atoms with van der Waals surface area (Å²) in [5.74, 6) is 0.710. The fourth-order valence-corrected chi connectivity index (χ4v) is 1.38. The largest absolute Gasteiger partial charge is 0.365 e. The number of halogens is 1. The fourth-order valence-electron chi connectivity index (χ4n) is 1.12. The van der Waals surface area contributed by atoms with E-state index in [0.717, 1.165) is 10.0 Å². The maximum atomic E-state index is 5.33. The first-order valence-electron chi connectivity index (χ1n) is 4.06. The Kier molecular flexibility index (Phi) is 2.49. The molecule has 0 bridgehead atoms. The Hall–Kier alpha value is -1.36. The zero-order chi connectivity index (χ0) is 9.97. The lowest BCUT2D eigenvalue weighted by Gasteiger charge is -1.95. The molecule has 0 aliphatic heterocycles. The molecule has 0 atom stereocenters. The lowest BCUT2D eigenvalue weighted by atomic mass is 10.1. The highest BCUT2D eigenvalue weighted by molar-refractivity contribution is 9.10. The molecule has 1 heterocycles. The minimum Gasteiger partial charge on any atom is -0.365 e. The second kappa shape index (κ2) is 3.79. The summed E-state index contributed by atoms with van der Waals surface area (Å²) >= 11 is 3.36. The summed E-state index contributed by atoms with van der Waals surface area (Å²) in [7, 11) is 0. The lowest BCUT2D eigenvalue weighted by molar-refractivity contribution is 0.386. The van der Waals surface area contributed by atoms with Gasteiger partial charge in [0.2, 0.25) is 5.89 Å². The maximum Gasteiger partial charge on any atom is 0.260 e. The van der Waals surface area contributed by atoms with Gasteiger partial charge in [0.15, 0.2) is 0 Å². The molecule has 0 aliphatic rings. The average molecular weight is 254 g/mol. The van der Waals surface area contributed by atoms with Crippen molar-refractivity contribution < 1.29 is 4.52 Å². The standard InChI is InChI=1S/C9H8BrN3O/c10-7-3-1-6(2-4-7)5-8-12-9(11)13-14-8/h1-4H,5H2,(H2,11,13). The van der Waals surface area contributed by atoms with Crippen molar-refractivity contribution in [2.75, 3.05) is 5.73 Å². The van der Waals surface area contributed by atoms with Crippen LogP contribution in [-0.4, -0.2) is 10.1 Å². The summed E-state index contributed by atoms with van der Waals surface area (Å²) < 4.78 is 5.95. The molecule has 2 N–H and O–H groups in total. The number of anilines is 1. The summed E-state index contributed by atoms with van der Waals surface area (Å²) in [6.07, 6.45) is 0.609. The number of benzene rings is 1. The van der Waals surface area contributed by atoms with Gasteiger partial charge in [0, 0.05) is 4.47 Å². The van der Waals surface area contributed by atoms with Crippen LogP contribution < -0.4 is 5.73 Å². The third-order valence-corrected chi connectivity index (χ3v) is 2.28. The molecule has 2 rings (SSSR count). The molecule has 0 fully saturated rings. The molecule has 14 heavy (non-hydrogen) atoms. The zero-order valence-electron chi connectivity index (χ0n) is 7.27. The van der Waals surface area contributed by atoms with Gasteiger partial charge in [-0.05, 0) is 22.9 Å². The van der Waals surface area contributed by atoms with Crippen molar-refractivity contribution in [3.05, 3.63) is 40.2 Å². The molecule has 0 saturated carbocycles. The molecule has 1 aromatic heterocycles. The lowest BCUT2D eigenvalue weighted by Crippen LogP contribution is -1.89. The van der Waals surface area contributed by atoms with Gasteiger partial charge in [0.1, 0.15) is 0 Å². The van der Waals surface area contributed by atoms with Gasteiger partial charge < -0.3 is 10.3 Å². The third kappa shape index (κ3) is 2.11. The minimum absolute atomic E-state index is 0.178. The highest BCUT2D eigenvalue weighted by Gasteiger charge is 2.03. The normalized spacial score (nSPS) is 10.4. The van der Waals surface area contributed by atoms with Crippen LogP contribution in [0.2, 0.25) is 0 Å². The molecule has 0 unspecified atom stereocenters. The first kappa shape index (κ1) is 9.21. The van der Waals surface area contributed by atoms with E-state index >= 15 is 0 Å². The van der Waals surface area contributed by atoms with Crippen LogP contribution in [0.25, 0.3) is 0 Å². The van der Waals surface area contributed by atoms with Gasteiger partial charge in [0.05, 0.1) is 6.42 Å². The Labute approximate surface area is 89.2 Å². The Morgan fingerprint density at radius 3 is 2.57 bits per heavy atom. The van der Waals surface area contributed by atoms with E-state index in [9.17, 15) is 0 Å². The van der Waals surface area contributed by atoms with Crippen molar-refractivity contribution in [2.24, 2.45) is 0 Å². The predicted octanol–water partition coefficient (Wildman–Crippen LogP) is 2.01. The second-order valence-electron chi connectivity index (χ2n) is 2.85. The van der Waals surface area contributed by atoms with Crippen LogP contribution in [0, 0.1) is 0 Å². The molecular weight excluding hydrogens is 246 g/mol. The highest BCUT2D eigenvalue weighted by atomic mass is 79.9. The molecule has 0 aliphatic carbocycles. The van der Waals surface area contributed by atoms with Crippen LogP contribution >= 0.6 is 15.9 Å². The van der Waals surface area contributed by atoms with E-state index in [-0.39, 0.29) is 5.95 Å². The van der Waals surface area contributed by atoms with Crippen LogP contribution in [0.3, 0.4) is 0 Å². The molecular formula is C9H8BrN3O. The Morgan fingerprint density at radius 1 is 1.29 bits per heavy atom.